The topological polar surface area (TPSA) is 114 Å². The minimum absolute atomic E-state index is 0.0286. The molecule has 1 unspecified atom stereocenters. The van der Waals surface area contributed by atoms with E-state index in [9.17, 15) is 15.3 Å². The fraction of sp³-hybridized carbons (Fsp3) is 0.125. The molecule has 8 heteroatoms. The second kappa shape index (κ2) is 8.46. The highest BCUT2D eigenvalue weighted by Gasteiger charge is 2.32. The molecule has 0 bridgehead atoms. The highest BCUT2D eigenvalue weighted by atomic mass is 32.1. The molecule has 2 N–H and O–H groups in total. The van der Waals surface area contributed by atoms with Crippen LogP contribution in [0.1, 0.15) is 17.0 Å². The molecule has 7 nitrogen and oxygen atoms in total. The van der Waals surface area contributed by atoms with Crippen molar-refractivity contribution in [1.29, 1.82) is 10.5 Å². The van der Waals surface area contributed by atoms with Crippen molar-refractivity contribution < 1.29 is 9.47 Å². The summed E-state index contributed by atoms with van der Waals surface area (Å²) in [6.07, 6.45) is 1.72. The van der Waals surface area contributed by atoms with Gasteiger partial charge in [0.05, 0.1) is 48.0 Å². The van der Waals surface area contributed by atoms with E-state index in [4.69, 9.17) is 15.2 Å². The number of aromatic nitrogens is 1. The van der Waals surface area contributed by atoms with Gasteiger partial charge in [-0.1, -0.05) is 24.3 Å². The first-order valence-electron chi connectivity index (χ1n) is 9.58. The molecule has 158 valence electrons. The molecule has 1 aliphatic heterocycles. The first-order chi connectivity index (χ1) is 15.5. The number of nitriles is 2. The number of allylic oxidation sites excluding steroid dienone is 1. The number of fused-ring (bicyclic) bond motifs is 1. The van der Waals surface area contributed by atoms with Gasteiger partial charge in [-0.15, -0.1) is 11.3 Å². The molecule has 0 aliphatic carbocycles. The van der Waals surface area contributed by atoms with E-state index in [2.05, 4.69) is 12.1 Å². The Hall–Kier alpha value is -4.27. The van der Waals surface area contributed by atoms with Crippen molar-refractivity contribution in [3.05, 3.63) is 84.8 Å². The lowest BCUT2D eigenvalue weighted by Gasteiger charge is -2.22. The Morgan fingerprint density at radius 2 is 1.69 bits per heavy atom. The third-order valence-electron chi connectivity index (χ3n) is 5.21. The molecule has 4 rings (SSSR count). The quantitative estimate of drug-likeness (QED) is 0.660. The Morgan fingerprint density at radius 1 is 1.03 bits per heavy atom. The third-order valence-corrected chi connectivity index (χ3v) is 6.32. The Kier molecular flexibility index (Phi) is 5.55. The second-order valence-corrected chi connectivity index (χ2v) is 8.01. The minimum Gasteiger partial charge on any atom is -0.497 e. The third kappa shape index (κ3) is 3.43. The van der Waals surface area contributed by atoms with Crippen LogP contribution in [0.15, 0.2) is 58.9 Å². The van der Waals surface area contributed by atoms with E-state index in [1.54, 1.807) is 50.6 Å². The molecule has 0 radical (unpaired) electrons. The summed E-state index contributed by atoms with van der Waals surface area (Å²) in [5, 5.41) is 19.9. The van der Waals surface area contributed by atoms with Crippen LogP contribution in [0, 0.1) is 22.7 Å². The number of nitrogens with zero attached hydrogens (tertiary/aromatic N) is 3. The summed E-state index contributed by atoms with van der Waals surface area (Å²) in [5.41, 5.74) is 7.82. The molecule has 0 fully saturated rings. The van der Waals surface area contributed by atoms with E-state index < -0.39 is 5.92 Å². The van der Waals surface area contributed by atoms with Gasteiger partial charge in [0.25, 0.3) is 5.56 Å². The zero-order valence-corrected chi connectivity index (χ0v) is 18.1. The van der Waals surface area contributed by atoms with Gasteiger partial charge in [0.2, 0.25) is 0 Å². The van der Waals surface area contributed by atoms with Gasteiger partial charge in [0.15, 0.2) is 0 Å². The van der Waals surface area contributed by atoms with Gasteiger partial charge in [-0.2, -0.15) is 10.5 Å². The van der Waals surface area contributed by atoms with Crippen molar-refractivity contribution in [3.63, 3.8) is 0 Å². The molecular weight excluding hydrogens is 424 g/mol. The number of thiazole rings is 1. The summed E-state index contributed by atoms with van der Waals surface area (Å²) >= 11 is 1.17. The average Bonchev–Trinajstić information content (AvgIpc) is 3.15. The Labute approximate surface area is 187 Å². The van der Waals surface area contributed by atoms with Crippen LogP contribution < -0.4 is 30.0 Å². The molecular formula is C24H18N4O3S. The van der Waals surface area contributed by atoms with Crippen molar-refractivity contribution in [2.45, 2.75) is 5.92 Å². The summed E-state index contributed by atoms with van der Waals surface area (Å²) in [6, 6.07) is 18.7. The monoisotopic (exact) mass is 442 g/mol. The smallest absolute Gasteiger partial charge is 0.274 e. The molecule has 32 heavy (non-hydrogen) atoms. The van der Waals surface area contributed by atoms with Gasteiger partial charge in [0, 0.05) is 0 Å². The van der Waals surface area contributed by atoms with Gasteiger partial charge in [0.1, 0.15) is 22.0 Å². The molecule has 0 amide bonds. The summed E-state index contributed by atoms with van der Waals surface area (Å²) in [5.74, 6) is 0.592. The van der Waals surface area contributed by atoms with E-state index in [1.807, 2.05) is 18.2 Å². The normalized spacial score (nSPS) is 15.7. The molecule has 0 saturated carbocycles. The van der Waals surface area contributed by atoms with Crippen LogP contribution in [0.4, 0.5) is 0 Å². The van der Waals surface area contributed by atoms with Crippen molar-refractivity contribution in [1.82, 2.24) is 4.57 Å². The summed E-state index contributed by atoms with van der Waals surface area (Å²) in [6.45, 7) is 0. The predicted octanol–water partition coefficient (Wildman–Crippen LogP) is 1.88. The number of ether oxygens (including phenoxy) is 2. The van der Waals surface area contributed by atoms with E-state index in [0.717, 1.165) is 5.56 Å². The van der Waals surface area contributed by atoms with Crippen molar-refractivity contribution in [2.24, 2.45) is 5.73 Å². The standard InChI is InChI=1S/C24H18N4O3S/c1-30-16-7-3-5-14(9-16)10-20-23(29)28-22(27)18(12-25)21(19(13-26)24(28)32-20)15-6-4-8-17(11-15)31-2/h3-11,21H,27H2,1-2H3. The number of methoxy groups -OCH3 is 2. The van der Waals surface area contributed by atoms with Crippen LogP contribution in [0.5, 0.6) is 11.5 Å². The molecule has 2 aromatic carbocycles. The zero-order chi connectivity index (χ0) is 22.8. The number of nitrogens with two attached hydrogens (primary N) is 1. The number of benzene rings is 2. The maximum Gasteiger partial charge on any atom is 0.274 e. The van der Waals surface area contributed by atoms with E-state index in [0.29, 0.717) is 26.3 Å². The van der Waals surface area contributed by atoms with Crippen LogP contribution in [0.2, 0.25) is 0 Å². The minimum atomic E-state index is -0.692. The molecule has 1 aliphatic rings. The van der Waals surface area contributed by atoms with E-state index >= 15 is 0 Å². The van der Waals surface area contributed by atoms with Gasteiger partial charge in [-0.25, -0.2) is 0 Å². The summed E-state index contributed by atoms with van der Waals surface area (Å²) in [7, 11) is 3.11. The van der Waals surface area contributed by atoms with Gasteiger partial charge >= 0.3 is 0 Å². The van der Waals surface area contributed by atoms with Crippen LogP contribution in [0.25, 0.3) is 17.5 Å². The molecule has 2 heterocycles. The predicted molar refractivity (Wildman–Crippen MR) is 122 cm³/mol. The first kappa shape index (κ1) is 21.0. The Bertz CT molecular complexity index is 1520. The van der Waals surface area contributed by atoms with Crippen LogP contribution in [-0.4, -0.2) is 18.8 Å². The van der Waals surface area contributed by atoms with Crippen molar-refractivity contribution >= 4 is 28.8 Å². The van der Waals surface area contributed by atoms with Crippen LogP contribution in [0.3, 0.4) is 0 Å². The lowest BCUT2D eigenvalue weighted by Crippen LogP contribution is -2.38. The molecule has 0 spiro atoms. The highest BCUT2D eigenvalue weighted by Crippen LogP contribution is 2.36. The van der Waals surface area contributed by atoms with Gasteiger partial charge in [-0.05, 0) is 41.5 Å². The molecule has 1 atom stereocenters. The Balaban J connectivity index is 2.02. The van der Waals surface area contributed by atoms with Gasteiger partial charge < -0.3 is 15.2 Å². The Morgan fingerprint density at radius 3 is 2.34 bits per heavy atom. The second-order valence-electron chi connectivity index (χ2n) is 6.98. The largest absolute Gasteiger partial charge is 0.497 e. The SMILES string of the molecule is COc1cccc(C=c2sc3n(c2=O)C(N)=C(C#N)C(c2cccc(OC)c2)C=3C#N)c1. The van der Waals surface area contributed by atoms with E-state index in [-0.39, 0.29) is 22.5 Å². The fourth-order valence-electron chi connectivity index (χ4n) is 3.69. The number of hydrogen-bond donors (Lipinski definition) is 1. The average molecular weight is 443 g/mol. The first-order valence-corrected chi connectivity index (χ1v) is 10.4. The number of rotatable bonds is 4. The molecule has 0 saturated heterocycles. The zero-order valence-electron chi connectivity index (χ0n) is 17.3. The van der Waals surface area contributed by atoms with E-state index in [1.165, 1.54) is 15.9 Å². The fourth-order valence-corrected chi connectivity index (χ4v) is 4.82. The highest BCUT2D eigenvalue weighted by molar-refractivity contribution is 7.07. The van der Waals surface area contributed by atoms with Crippen LogP contribution in [-0.2, 0) is 0 Å². The maximum absolute atomic E-state index is 13.2. The lowest BCUT2D eigenvalue weighted by atomic mass is 9.84. The molecule has 3 aromatic rings. The molecule has 1 aromatic heterocycles. The van der Waals surface area contributed by atoms with Crippen molar-refractivity contribution in [2.75, 3.05) is 14.2 Å². The van der Waals surface area contributed by atoms with Gasteiger partial charge in [-0.3, -0.25) is 9.36 Å². The van der Waals surface area contributed by atoms with Crippen LogP contribution >= 0.6 is 11.3 Å². The number of hydrogen-bond acceptors (Lipinski definition) is 7. The lowest BCUT2D eigenvalue weighted by molar-refractivity contribution is 0.414. The summed E-state index contributed by atoms with van der Waals surface area (Å²) in [4.78, 5) is 13.2. The maximum atomic E-state index is 13.2. The summed E-state index contributed by atoms with van der Waals surface area (Å²) < 4.78 is 12.6. The van der Waals surface area contributed by atoms with Crippen molar-refractivity contribution in [3.8, 4) is 23.6 Å².